The molecule has 0 saturated heterocycles. The van der Waals surface area contributed by atoms with E-state index in [1.807, 2.05) is 31.2 Å². The number of halogens is 2. The second kappa shape index (κ2) is 7.74. The van der Waals surface area contributed by atoms with Gasteiger partial charge in [0.1, 0.15) is 5.75 Å². The van der Waals surface area contributed by atoms with Crippen molar-refractivity contribution < 1.29 is 13.5 Å². The van der Waals surface area contributed by atoms with E-state index in [9.17, 15) is 8.78 Å². The topological polar surface area (TPSA) is 62.3 Å². The number of para-hydroxylation sites is 2. The van der Waals surface area contributed by atoms with Gasteiger partial charge in [0.25, 0.3) is 0 Å². The number of H-pyrrole nitrogens is 1. The van der Waals surface area contributed by atoms with Gasteiger partial charge in [-0.1, -0.05) is 24.3 Å². The number of benzene rings is 2. The van der Waals surface area contributed by atoms with Gasteiger partial charge >= 0.3 is 6.61 Å². The maximum absolute atomic E-state index is 12.1. The third-order valence-electron chi connectivity index (χ3n) is 3.67. The Morgan fingerprint density at radius 3 is 2.68 bits per heavy atom. The standard InChI is InChI=1S/C18H18F2N4O/c1-12(6-7-13-8-10-14(11-9-13)25-17(19)20)23-24-18-21-15-4-2-3-5-16(15)22-18/h2-5,8-11,17H,6-7H2,1H3,(H2,21,22,24)/b23-12-. The number of fused-ring (bicyclic) bond motifs is 1. The number of nitrogens with zero attached hydrogens (tertiary/aromatic N) is 2. The van der Waals surface area contributed by atoms with Gasteiger partial charge in [0.05, 0.1) is 11.0 Å². The van der Waals surface area contributed by atoms with Gasteiger partial charge in [0.2, 0.25) is 5.95 Å². The van der Waals surface area contributed by atoms with E-state index in [1.165, 1.54) is 0 Å². The Morgan fingerprint density at radius 2 is 1.96 bits per heavy atom. The van der Waals surface area contributed by atoms with E-state index in [4.69, 9.17) is 0 Å². The average Bonchev–Trinajstić information content (AvgIpc) is 3.02. The zero-order valence-electron chi connectivity index (χ0n) is 13.7. The van der Waals surface area contributed by atoms with Gasteiger partial charge in [-0.05, 0) is 49.6 Å². The molecule has 0 radical (unpaired) electrons. The molecule has 2 N–H and O–H groups in total. The number of alkyl halides is 2. The molecule has 1 aromatic heterocycles. The molecule has 1 heterocycles. The fourth-order valence-electron chi connectivity index (χ4n) is 2.37. The lowest BCUT2D eigenvalue weighted by Crippen LogP contribution is -2.02. The SMILES string of the molecule is C/C(CCc1ccc(OC(F)F)cc1)=N/Nc1nc2ccccc2[nH]1. The van der Waals surface area contributed by atoms with Crippen molar-refractivity contribution in [2.45, 2.75) is 26.4 Å². The smallest absolute Gasteiger partial charge is 0.387 e. The number of rotatable bonds is 7. The number of aryl methyl sites for hydroxylation is 1. The molecule has 7 heteroatoms. The summed E-state index contributed by atoms with van der Waals surface area (Å²) in [5, 5.41) is 4.31. The minimum atomic E-state index is -2.80. The quantitative estimate of drug-likeness (QED) is 0.487. The maximum atomic E-state index is 12.1. The highest BCUT2D eigenvalue weighted by atomic mass is 19.3. The summed E-state index contributed by atoms with van der Waals surface area (Å²) in [5.41, 5.74) is 6.68. The summed E-state index contributed by atoms with van der Waals surface area (Å²) < 4.78 is 28.6. The lowest BCUT2D eigenvalue weighted by molar-refractivity contribution is -0.0498. The molecule has 0 unspecified atom stereocenters. The normalized spacial score (nSPS) is 11.9. The first-order chi connectivity index (χ1) is 12.1. The number of hydrazone groups is 1. The summed E-state index contributed by atoms with van der Waals surface area (Å²) >= 11 is 0. The first-order valence-electron chi connectivity index (χ1n) is 7.88. The second-order valence-electron chi connectivity index (χ2n) is 5.58. The molecule has 5 nitrogen and oxygen atoms in total. The Bertz CT molecular complexity index is 826. The zero-order chi connectivity index (χ0) is 17.6. The Labute approximate surface area is 143 Å². The van der Waals surface area contributed by atoms with E-state index in [-0.39, 0.29) is 5.75 Å². The summed E-state index contributed by atoms with van der Waals surface area (Å²) in [5.74, 6) is 0.754. The van der Waals surface area contributed by atoms with Crippen LogP contribution in [0.4, 0.5) is 14.7 Å². The van der Waals surface area contributed by atoms with Gasteiger partial charge in [-0.15, -0.1) is 0 Å². The van der Waals surface area contributed by atoms with Crippen molar-refractivity contribution in [1.82, 2.24) is 9.97 Å². The number of nitrogens with one attached hydrogen (secondary N) is 2. The first kappa shape index (κ1) is 16.9. The third-order valence-corrected chi connectivity index (χ3v) is 3.67. The number of imidazole rings is 1. The number of ether oxygens (including phenoxy) is 1. The molecular weight excluding hydrogens is 326 g/mol. The molecular formula is C18H18F2N4O. The average molecular weight is 344 g/mol. The van der Waals surface area contributed by atoms with E-state index < -0.39 is 6.61 Å². The molecule has 0 fully saturated rings. The van der Waals surface area contributed by atoms with Crippen molar-refractivity contribution >= 4 is 22.7 Å². The predicted molar refractivity (Wildman–Crippen MR) is 94.2 cm³/mol. The molecule has 0 atom stereocenters. The minimum absolute atomic E-state index is 0.163. The van der Waals surface area contributed by atoms with E-state index in [0.717, 1.165) is 35.2 Å². The van der Waals surface area contributed by atoms with Crippen LogP contribution in [0.15, 0.2) is 53.6 Å². The lowest BCUT2D eigenvalue weighted by atomic mass is 10.1. The van der Waals surface area contributed by atoms with Crippen LogP contribution >= 0.6 is 0 Å². The van der Waals surface area contributed by atoms with Crippen molar-refractivity contribution in [3.8, 4) is 5.75 Å². The number of hydrogen-bond donors (Lipinski definition) is 2. The lowest BCUT2D eigenvalue weighted by Gasteiger charge is -2.06. The molecule has 0 amide bonds. The molecule has 3 rings (SSSR count). The highest BCUT2D eigenvalue weighted by Crippen LogP contribution is 2.16. The summed E-state index contributed by atoms with van der Waals surface area (Å²) in [6.07, 6.45) is 1.49. The van der Waals surface area contributed by atoms with Gasteiger partial charge in [-0.3, -0.25) is 0 Å². The predicted octanol–water partition coefficient (Wildman–Crippen LogP) is 4.58. The number of aromatic nitrogens is 2. The molecule has 0 spiro atoms. The van der Waals surface area contributed by atoms with Crippen LogP contribution in [0.3, 0.4) is 0 Å². The Kier molecular flexibility index (Phi) is 5.23. The Balaban J connectivity index is 1.53. The largest absolute Gasteiger partial charge is 0.435 e. The van der Waals surface area contributed by atoms with Crippen molar-refractivity contribution in [1.29, 1.82) is 0 Å². The van der Waals surface area contributed by atoms with Crippen molar-refractivity contribution in [2.75, 3.05) is 5.43 Å². The number of aromatic amines is 1. The number of anilines is 1. The van der Waals surface area contributed by atoms with Gasteiger partial charge in [-0.25, -0.2) is 10.4 Å². The van der Waals surface area contributed by atoms with Crippen LogP contribution in [0.5, 0.6) is 5.75 Å². The van der Waals surface area contributed by atoms with Gasteiger partial charge in [-0.2, -0.15) is 13.9 Å². The van der Waals surface area contributed by atoms with Crippen LogP contribution in [0.1, 0.15) is 18.9 Å². The highest BCUT2D eigenvalue weighted by molar-refractivity contribution is 5.83. The van der Waals surface area contributed by atoms with Gasteiger partial charge < -0.3 is 9.72 Å². The molecule has 0 aliphatic carbocycles. The monoisotopic (exact) mass is 344 g/mol. The molecule has 3 aromatic rings. The molecule has 0 aliphatic heterocycles. The van der Waals surface area contributed by atoms with Gasteiger partial charge in [0, 0.05) is 5.71 Å². The second-order valence-corrected chi connectivity index (χ2v) is 5.58. The maximum Gasteiger partial charge on any atom is 0.387 e. The molecule has 2 aromatic carbocycles. The highest BCUT2D eigenvalue weighted by Gasteiger charge is 2.04. The minimum Gasteiger partial charge on any atom is -0.435 e. The summed E-state index contributed by atoms with van der Waals surface area (Å²) in [4.78, 5) is 7.53. The van der Waals surface area contributed by atoms with Crippen molar-refractivity contribution in [3.63, 3.8) is 0 Å². The molecule has 0 saturated carbocycles. The van der Waals surface area contributed by atoms with E-state index in [0.29, 0.717) is 5.95 Å². The van der Waals surface area contributed by atoms with Crippen molar-refractivity contribution in [3.05, 3.63) is 54.1 Å². The summed E-state index contributed by atoms with van der Waals surface area (Å²) in [7, 11) is 0. The van der Waals surface area contributed by atoms with E-state index in [2.05, 4.69) is 25.2 Å². The third kappa shape index (κ3) is 4.76. The Morgan fingerprint density at radius 1 is 1.20 bits per heavy atom. The van der Waals surface area contributed by atoms with Crippen LogP contribution in [-0.2, 0) is 6.42 Å². The van der Waals surface area contributed by atoms with Crippen molar-refractivity contribution in [2.24, 2.45) is 5.10 Å². The number of hydrogen-bond acceptors (Lipinski definition) is 4. The van der Waals surface area contributed by atoms with Crippen LogP contribution in [0.25, 0.3) is 11.0 Å². The summed E-state index contributed by atoms with van der Waals surface area (Å²) in [6.45, 7) is -0.881. The molecule has 130 valence electrons. The summed E-state index contributed by atoms with van der Waals surface area (Å²) in [6, 6.07) is 14.4. The Hall–Kier alpha value is -2.96. The fraction of sp³-hybridized carbons (Fsp3) is 0.222. The van der Waals surface area contributed by atoms with E-state index in [1.54, 1.807) is 24.3 Å². The van der Waals surface area contributed by atoms with Crippen LogP contribution in [-0.4, -0.2) is 22.3 Å². The fourth-order valence-corrected chi connectivity index (χ4v) is 2.37. The van der Waals surface area contributed by atoms with Crippen LogP contribution < -0.4 is 10.2 Å². The molecule has 0 bridgehead atoms. The zero-order valence-corrected chi connectivity index (χ0v) is 13.7. The van der Waals surface area contributed by atoms with Crippen LogP contribution in [0.2, 0.25) is 0 Å². The molecule has 25 heavy (non-hydrogen) atoms. The van der Waals surface area contributed by atoms with Crippen LogP contribution in [0, 0.1) is 0 Å². The van der Waals surface area contributed by atoms with Gasteiger partial charge in [0.15, 0.2) is 0 Å². The molecule has 0 aliphatic rings. The van der Waals surface area contributed by atoms with E-state index >= 15 is 0 Å². The first-order valence-corrected chi connectivity index (χ1v) is 7.88.